The first-order chi connectivity index (χ1) is 5.16. The highest BCUT2D eigenvalue weighted by molar-refractivity contribution is 5.71. The molecule has 0 unspecified atom stereocenters. The number of carbonyl (C=O) groups is 1. The molecule has 64 valence electrons. The van der Waals surface area contributed by atoms with Gasteiger partial charge in [-0.15, -0.1) is 6.58 Å². The van der Waals surface area contributed by atoms with Crippen molar-refractivity contribution in [2.24, 2.45) is 0 Å². The standard InChI is InChI=1S/C8H15NO2/c1-4-5-9-6-8(10)11-7(2)3/h4,7,9H,1,5-6H2,2-3H3. The Hall–Kier alpha value is -0.830. The van der Waals surface area contributed by atoms with Crippen molar-refractivity contribution in [3.05, 3.63) is 12.7 Å². The topological polar surface area (TPSA) is 38.3 Å². The van der Waals surface area contributed by atoms with Crippen LogP contribution in [0.1, 0.15) is 13.8 Å². The summed E-state index contributed by atoms with van der Waals surface area (Å²) in [5, 5.41) is 2.85. The lowest BCUT2D eigenvalue weighted by molar-refractivity contribution is -0.146. The summed E-state index contributed by atoms with van der Waals surface area (Å²) in [7, 11) is 0. The van der Waals surface area contributed by atoms with Crippen molar-refractivity contribution in [3.63, 3.8) is 0 Å². The monoisotopic (exact) mass is 157 g/mol. The maximum atomic E-state index is 10.8. The Morgan fingerprint density at radius 3 is 2.82 bits per heavy atom. The smallest absolute Gasteiger partial charge is 0.320 e. The number of hydrogen-bond donors (Lipinski definition) is 1. The van der Waals surface area contributed by atoms with Gasteiger partial charge in [-0.2, -0.15) is 0 Å². The maximum absolute atomic E-state index is 10.8. The van der Waals surface area contributed by atoms with E-state index in [4.69, 9.17) is 4.74 Å². The molecule has 0 spiro atoms. The van der Waals surface area contributed by atoms with Crippen LogP contribution in [0.25, 0.3) is 0 Å². The van der Waals surface area contributed by atoms with Crippen LogP contribution in [0.2, 0.25) is 0 Å². The lowest BCUT2D eigenvalue weighted by Gasteiger charge is -2.07. The third kappa shape index (κ3) is 7.06. The van der Waals surface area contributed by atoms with Crippen molar-refractivity contribution in [1.29, 1.82) is 0 Å². The molecule has 0 saturated heterocycles. The molecule has 0 bridgehead atoms. The molecule has 3 nitrogen and oxygen atoms in total. The number of ether oxygens (including phenoxy) is 1. The van der Waals surface area contributed by atoms with Gasteiger partial charge in [0.05, 0.1) is 12.6 Å². The van der Waals surface area contributed by atoms with Crippen LogP contribution in [-0.4, -0.2) is 25.2 Å². The van der Waals surface area contributed by atoms with Gasteiger partial charge < -0.3 is 10.1 Å². The van der Waals surface area contributed by atoms with E-state index in [0.717, 1.165) is 0 Å². The largest absolute Gasteiger partial charge is 0.462 e. The van der Waals surface area contributed by atoms with Gasteiger partial charge in [0, 0.05) is 6.54 Å². The summed E-state index contributed by atoms with van der Waals surface area (Å²) in [5.74, 6) is -0.221. The SMILES string of the molecule is C=CCNCC(=O)OC(C)C. The first kappa shape index (κ1) is 10.2. The van der Waals surface area contributed by atoms with Crippen molar-refractivity contribution in [2.45, 2.75) is 20.0 Å². The number of rotatable bonds is 5. The normalized spacial score (nSPS) is 9.73. The summed E-state index contributed by atoms with van der Waals surface area (Å²) < 4.78 is 4.86. The van der Waals surface area contributed by atoms with Gasteiger partial charge >= 0.3 is 5.97 Å². The molecule has 1 N–H and O–H groups in total. The summed E-state index contributed by atoms with van der Waals surface area (Å²) in [5.41, 5.74) is 0. The second kappa shape index (κ2) is 5.92. The van der Waals surface area contributed by atoms with Crippen molar-refractivity contribution < 1.29 is 9.53 Å². The van der Waals surface area contributed by atoms with Crippen LogP contribution in [-0.2, 0) is 9.53 Å². The molecule has 0 atom stereocenters. The van der Waals surface area contributed by atoms with Crippen LogP contribution in [0, 0.1) is 0 Å². The summed E-state index contributed by atoms with van der Waals surface area (Å²) >= 11 is 0. The summed E-state index contributed by atoms with van der Waals surface area (Å²) in [6.45, 7) is 8.04. The van der Waals surface area contributed by atoms with Crippen molar-refractivity contribution in [3.8, 4) is 0 Å². The van der Waals surface area contributed by atoms with E-state index in [0.29, 0.717) is 6.54 Å². The van der Waals surface area contributed by atoms with Crippen molar-refractivity contribution in [2.75, 3.05) is 13.1 Å². The molecule has 0 aliphatic rings. The van der Waals surface area contributed by atoms with E-state index < -0.39 is 0 Å². The van der Waals surface area contributed by atoms with E-state index in [-0.39, 0.29) is 18.6 Å². The zero-order valence-corrected chi connectivity index (χ0v) is 7.09. The van der Waals surface area contributed by atoms with Crippen LogP contribution in [0.5, 0.6) is 0 Å². The highest BCUT2D eigenvalue weighted by Gasteiger charge is 2.02. The van der Waals surface area contributed by atoms with Crippen LogP contribution >= 0.6 is 0 Å². The van der Waals surface area contributed by atoms with Gasteiger partial charge in [-0.3, -0.25) is 4.79 Å². The summed E-state index contributed by atoms with van der Waals surface area (Å²) in [4.78, 5) is 10.8. The minimum absolute atomic E-state index is 0.0342. The Labute approximate surface area is 67.4 Å². The van der Waals surface area contributed by atoms with Crippen LogP contribution in [0.4, 0.5) is 0 Å². The molecule has 11 heavy (non-hydrogen) atoms. The molecule has 0 saturated carbocycles. The molecule has 0 aromatic rings. The highest BCUT2D eigenvalue weighted by atomic mass is 16.5. The molecule has 0 rings (SSSR count). The number of carbonyl (C=O) groups excluding carboxylic acids is 1. The van der Waals surface area contributed by atoms with Gasteiger partial charge in [-0.05, 0) is 13.8 Å². The quantitative estimate of drug-likeness (QED) is 0.363. The molecular weight excluding hydrogens is 142 g/mol. The fraction of sp³-hybridized carbons (Fsp3) is 0.625. The molecule has 0 aromatic carbocycles. The van der Waals surface area contributed by atoms with Gasteiger partial charge in [0.1, 0.15) is 0 Å². The molecule has 0 radical (unpaired) electrons. The van der Waals surface area contributed by atoms with Crippen LogP contribution < -0.4 is 5.32 Å². The predicted octanol–water partition coefficient (Wildman–Crippen LogP) is 0.714. The Morgan fingerprint density at radius 2 is 2.36 bits per heavy atom. The van der Waals surface area contributed by atoms with Crippen LogP contribution in [0.15, 0.2) is 12.7 Å². The minimum Gasteiger partial charge on any atom is -0.462 e. The average Bonchev–Trinajstić information content (AvgIpc) is 1.86. The highest BCUT2D eigenvalue weighted by Crippen LogP contribution is 1.86. The molecular formula is C8H15NO2. The Balaban J connectivity index is 3.30. The third-order valence-electron chi connectivity index (χ3n) is 0.925. The first-order valence-electron chi connectivity index (χ1n) is 3.68. The lowest BCUT2D eigenvalue weighted by Crippen LogP contribution is -2.26. The molecule has 3 heteroatoms. The second-order valence-corrected chi connectivity index (χ2v) is 2.46. The Kier molecular flexibility index (Phi) is 5.47. The van der Waals surface area contributed by atoms with Gasteiger partial charge in [-0.1, -0.05) is 6.08 Å². The van der Waals surface area contributed by atoms with E-state index in [1.807, 2.05) is 13.8 Å². The number of hydrogen-bond acceptors (Lipinski definition) is 3. The second-order valence-electron chi connectivity index (χ2n) is 2.46. The van der Waals surface area contributed by atoms with E-state index in [1.54, 1.807) is 6.08 Å². The number of nitrogens with one attached hydrogen (secondary N) is 1. The fourth-order valence-corrected chi connectivity index (χ4v) is 0.581. The summed E-state index contributed by atoms with van der Waals surface area (Å²) in [6, 6.07) is 0. The predicted molar refractivity (Wildman–Crippen MR) is 44.3 cm³/mol. The Morgan fingerprint density at radius 1 is 1.73 bits per heavy atom. The lowest BCUT2D eigenvalue weighted by atomic mass is 10.5. The summed E-state index contributed by atoms with van der Waals surface area (Å²) in [6.07, 6.45) is 1.66. The van der Waals surface area contributed by atoms with Gasteiger partial charge in [0.2, 0.25) is 0 Å². The minimum atomic E-state index is -0.221. The molecule has 0 aromatic heterocycles. The third-order valence-corrected chi connectivity index (χ3v) is 0.925. The van der Waals surface area contributed by atoms with E-state index in [2.05, 4.69) is 11.9 Å². The van der Waals surface area contributed by atoms with Gasteiger partial charge in [0.15, 0.2) is 0 Å². The van der Waals surface area contributed by atoms with Crippen LogP contribution in [0.3, 0.4) is 0 Å². The Bertz CT molecular complexity index is 132. The van der Waals surface area contributed by atoms with E-state index in [9.17, 15) is 4.79 Å². The number of esters is 1. The fourth-order valence-electron chi connectivity index (χ4n) is 0.581. The molecule has 0 aliphatic heterocycles. The van der Waals surface area contributed by atoms with E-state index in [1.165, 1.54) is 0 Å². The molecule has 0 fully saturated rings. The van der Waals surface area contributed by atoms with Crippen molar-refractivity contribution in [1.82, 2.24) is 5.32 Å². The zero-order chi connectivity index (χ0) is 8.69. The van der Waals surface area contributed by atoms with Gasteiger partial charge in [-0.25, -0.2) is 0 Å². The average molecular weight is 157 g/mol. The molecule has 0 aliphatic carbocycles. The van der Waals surface area contributed by atoms with Crippen molar-refractivity contribution >= 4 is 5.97 Å². The zero-order valence-electron chi connectivity index (χ0n) is 7.09. The van der Waals surface area contributed by atoms with E-state index >= 15 is 0 Å². The maximum Gasteiger partial charge on any atom is 0.320 e. The molecule has 0 amide bonds. The molecule has 0 heterocycles. The first-order valence-corrected chi connectivity index (χ1v) is 3.68. The van der Waals surface area contributed by atoms with Gasteiger partial charge in [0.25, 0.3) is 0 Å².